The average Bonchev–Trinajstić information content (AvgIpc) is 2.58. The molecule has 0 aliphatic carbocycles. The Hall–Kier alpha value is -0.0600. The lowest BCUT2D eigenvalue weighted by molar-refractivity contribution is 0.284. The molecule has 0 amide bonds. The summed E-state index contributed by atoms with van der Waals surface area (Å²) in [5.41, 5.74) is 1.10. The molecule has 0 fully saturated rings. The number of aliphatic hydroxyl groups is 1. The topological polar surface area (TPSA) is 33.1 Å². The van der Waals surface area contributed by atoms with Crippen LogP contribution in [-0.4, -0.2) is 15.3 Å². The minimum Gasteiger partial charge on any atom is -0.391 e. The van der Waals surface area contributed by atoms with Gasteiger partial charge in [0.25, 0.3) is 0 Å². The first kappa shape index (κ1) is 13.0. The molecule has 1 heterocycles. The number of thioether (sulfide) groups is 1. The molecular weight excluding hydrogens is 226 g/mol. The zero-order valence-corrected chi connectivity index (χ0v) is 11.2. The number of nitrogens with zero attached hydrogens (tertiary/aromatic N) is 1. The van der Waals surface area contributed by atoms with Crippen LogP contribution >= 0.6 is 23.1 Å². The van der Waals surface area contributed by atoms with Gasteiger partial charge in [-0.2, -0.15) is 11.8 Å². The Morgan fingerprint density at radius 2 is 2.20 bits per heavy atom. The fraction of sp³-hybridized carbons (Fsp3) is 0.727. The van der Waals surface area contributed by atoms with Crippen LogP contribution in [-0.2, 0) is 18.8 Å². The SMILES string of the molecule is CCCc1nc(CSC(C)C)sc1CO. The lowest BCUT2D eigenvalue weighted by atomic mass is 10.2. The molecule has 15 heavy (non-hydrogen) atoms. The first-order valence-electron chi connectivity index (χ1n) is 5.37. The highest BCUT2D eigenvalue weighted by Crippen LogP contribution is 2.25. The standard InChI is InChI=1S/C11H19NOS2/c1-4-5-9-10(6-13)15-11(12-9)7-14-8(2)3/h8,13H,4-7H2,1-3H3. The Balaban J connectivity index is 2.65. The second-order valence-corrected chi connectivity index (χ2v) is 6.48. The Morgan fingerprint density at radius 3 is 2.73 bits per heavy atom. The van der Waals surface area contributed by atoms with Crippen LogP contribution in [0.3, 0.4) is 0 Å². The van der Waals surface area contributed by atoms with Gasteiger partial charge >= 0.3 is 0 Å². The van der Waals surface area contributed by atoms with Crippen molar-refractivity contribution >= 4 is 23.1 Å². The van der Waals surface area contributed by atoms with Crippen LogP contribution in [0.2, 0.25) is 0 Å². The first-order chi connectivity index (χ1) is 7.17. The Kier molecular flexibility index (Phi) is 5.64. The summed E-state index contributed by atoms with van der Waals surface area (Å²) in [6.07, 6.45) is 2.08. The highest BCUT2D eigenvalue weighted by atomic mass is 32.2. The highest BCUT2D eigenvalue weighted by molar-refractivity contribution is 7.99. The number of hydrogen-bond acceptors (Lipinski definition) is 4. The lowest BCUT2D eigenvalue weighted by Gasteiger charge is -2.00. The number of aryl methyl sites for hydroxylation is 1. The molecule has 0 atom stereocenters. The normalized spacial score (nSPS) is 11.3. The van der Waals surface area contributed by atoms with Crippen LogP contribution in [0, 0.1) is 0 Å². The van der Waals surface area contributed by atoms with Crippen LogP contribution in [0.5, 0.6) is 0 Å². The van der Waals surface area contributed by atoms with E-state index in [1.54, 1.807) is 11.3 Å². The smallest absolute Gasteiger partial charge is 0.103 e. The van der Waals surface area contributed by atoms with Crippen LogP contribution in [0.25, 0.3) is 0 Å². The van der Waals surface area contributed by atoms with Crippen molar-refractivity contribution < 1.29 is 5.11 Å². The molecule has 1 aromatic heterocycles. The fourth-order valence-electron chi connectivity index (χ4n) is 1.29. The summed E-state index contributed by atoms with van der Waals surface area (Å²) in [6.45, 7) is 6.67. The van der Waals surface area contributed by atoms with Gasteiger partial charge in [-0.25, -0.2) is 4.98 Å². The van der Waals surface area contributed by atoms with Crippen molar-refractivity contribution in [2.75, 3.05) is 0 Å². The van der Waals surface area contributed by atoms with Gasteiger partial charge in [-0.1, -0.05) is 27.2 Å². The number of rotatable bonds is 6. The van der Waals surface area contributed by atoms with Gasteiger partial charge in [0.05, 0.1) is 17.2 Å². The third kappa shape index (κ3) is 4.13. The molecule has 0 radical (unpaired) electrons. The molecule has 0 aliphatic heterocycles. The molecular formula is C11H19NOS2. The molecule has 0 spiro atoms. The van der Waals surface area contributed by atoms with Crippen molar-refractivity contribution in [3.8, 4) is 0 Å². The second-order valence-electron chi connectivity index (χ2n) is 3.75. The van der Waals surface area contributed by atoms with E-state index in [0.717, 1.165) is 34.2 Å². The summed E-state index contributed by atoms with van der Waals surface area (Å²) < 4.78 is 0. The maximum Gasteiger partial charge on any atom is 0.103 e. The quantitative estimate of drug-likeness (QED) is 0.835. The van der Waals surface area contributed by atoms with E-state index in [4.69, 9.17) is 0 Å². The number of aliphatic hydroxyl groups excluding tert-OH is 1. The summed E-state index contributed by atoms with van der Waals surface area (Å²) in [5.74, 6) is 0.971. The van der Waals surface area contributed by atoms with Crippen molar-refractivity contribution in [3.05, 3.63) is 15.6 Å². The molecule has 0 aliphatic rings. The van der Waals surface area contributed by atoms with Gasteiger partial charge in [0.15, 0.2) is 0 Å². The van der Waals surface area contributed by atoms with Crippen LogP contribution < -0.4 is 0 Å². The maximum atomic E-state index is 9.20. The van der Waals surface area contributed by atoms with E-state index in [1.165, 1.54) is 0 Å². The van der Waals surface area contributed by atoms with Crippen LogP contribution in [0.4, 0.5) is 0 Å². The van der Waals surface area contributed by atoms with Gasteiger partial charge in [0, 0.05) is 5.75 Å². The van der Waals surface area contributed by atoms with E-state index in [1.807, 2.05) is 11.8 Å². The number of aromatic nitrogens is 1. The van der Waals surface area contributed by atoms with Crippen LogP contribution in [0.15, 0.2) is 0 Å². The van der Waals surface area contributed by atoms with E-state index in [0.29, 0.717) is 5.25 Å². The molecule has 0 aromatic carbocycles. The van der Waals surface area contributed by atoms with Gasteiger partial charge in [-0.15, -0.1) is 11.3 Å². The fourth-order valence-corrected chi connectivity index (χ4v) is 3.04. The zero-order chi connectivity index (χ0) is 11.3. The van der Waals surface area contributed by atoms with Crippen molar-refractivity contribution in [2.45, 2.75) is 51.2 Å². The Morgan fingerprint density at radius 1 is 1.47 bits per heavy atom. The monoisotopic (exact) mass is 245 g/mol. The Labute approximate surface area is 100 Å². The van der Waals surface area contributed by atoms with Crippen molar-refractivity contribution in [1.29, 1.82) is 0 Å². The largest absolute Gasteiger partial charge is 0.391 e. The molecule has 1 N–H and O–H groups in total. The second kappa shape index (κ2) is 6.51. The third-order valence-electron chi connectivity index (χ3n) is 1.99. The first-order valence-corrected chi connectivity index (χ1v) is 7.23. The predicted molar refractivity (Wildman–Crippen MR) is 68.5 cm³/mol. The van der Waals surface area contributed by atoms with Crippen molar-refractivity contribution in [1.82, 2.24) is 4.98 Å². The van der Waals surface area contributed by atoms with Gasteiger partial charge in [0.1, 0.15) is 5.01 Å². The average molecular weight is 245 g/mol. The molecule has 1 rings (SSSR count). The van der Waals surface area contributed by atoms with Crippen molar-refractivity contribution in [2.24, 2.45) is 0 Å². The molecule has 4 heteroatoms. The predicted octanol–water partition coefficient (Wildman–Crippen LogP) is 3.23. The molecule has 0 unspecified atom stereocenters. The van der Waals surface area contributed by atoms with Gasteiger partial charge < -0.3 is 5.11 Å². The molecule has 2 nitrogen and oxygen atoms in total. The number of hydrogen-bond donors (Lipinski definition) is 1. The van der Waals surface area contributed by atoms with Crippen LogP contribution in [0.1, 0.15) is 42.8 Å². The minimum absolute atomic E-state index is 0.138. The van der Waals surface area contributed by atoms with E-state index >= 15 is 0 Å². The summed E-state index contributed by atoms with van der Waals surface area (Å²) >= 11 is 3.56. The molecule has 0 saturated heterocycles. The Bertz CT molecular complexity index is 297. The van der Waals surface area contributed by atoms with Crippen molar-refractivity contribution in [3.63, 3.8) is 0 Å². The van der Waals surface area contributed by atoms with Gasteiger partial charge in [-0.3, -0.25) is 0 Å². The molecule has 1 aromatic rings. The summed E-state index contributed by atoms with van der Waals surface area (Å²) in [4.78, 5) is 5.63. The molecule has 0 bridgehead atoms. The van der Waals surface area contributed by atoms with E-state index in [2.05, 4.69) is 25.8 Å². The maximum absolute atomic E-state index is 9.20. The third-order valence-corrected chi connectivity index (χ3v) is 4.36. The summed E-state index contributed by atoms with van der Waals surface area (Å²) in [6, 6.07) is 0. The zero-order valence-electron chi connectivity index (χ0n) is 9.62. The highest BCUT2D eigenvalue weighted by Gasteiger charge is 2.09. The van der Waals surface area contributed by atoms with E-state index in [9.17, 15) is 5.11 Å². The lowest BCUT2D eigenvalue weighted by Crippen LogP contribution is -1.91. The minimum atomic E-state index is 0.138. The summed E-state index contributed by atoms with van der Waals surface area (Å²) in [5, 5.41) is 11.0. The number of thiazole rings is 1. The molecule has 0 saturated carbocycles. The van der Waals surface area contributed by atoms with Gasteiger partial charge in [0.2, 0.25) is 0 Å². The summed E-state index contributed by atoms with van der Waals surface area (Å²) in [7, 11) is 0. The van der Waals surface area contributed by atoms with E-state index in [-0.39, 0.29) is 6.61 Å². The van der Waals surface area contributed by atoms with E-state index < -0.39 is 0 Å². The van der Waals surface area contributed by atoms with Gasteiger partial charge in [-0.05, 0) is 11.7 Å². The molecule has 86 valence electrons.